The summed E-state index contributed by atoms with van der Waals surface area (Å²) in [5.74, 6) is 0.798. The summed E-state index contributed by atoms with van der Waals surface area (Å²) >= 11 is 5.88. The Morgan fingerprint density at radius 2 is 2.33 bits per heavy atom. The summed E-state index contributed by atoms with van der Waals surface area (Å²) in [5.41, 5.74) is 0.917. The van der Waals surface area contributed by atoms with E-state index in [2.05, 4.69) is 9.97 Å². The first-order valence-electron chi connectivity index (χ1n) is 5.36. The average molecular weight is 227 g/mol. The Kier molecular flexibility index (Phi) is 3.54. The van der Waals surface area contributed by atoms with Crippen molar-refractivity contribution in [1.82, 2.24) is 9.97 Å². The van der Waals surface area contributed by atoms with Gasteiger partial charge in [0.25, 0.3) is 0 Å². The molecule has 1 aromatic heterocycles. The standard InChI is InChI=1S/C11H15ClN2O/c1-8-6-10(12)14-11(13-8)7-9-4-2-3-5-15-9/h6,9H,2-5,7H2,1H3. The minimum Gasteiger partial charge on any atom is -0.378 e. The van der Waals surface area contributed by atoms with Crippen LogP contribution < -0.4 is 0 Å². The molecule has 1 aliphatic heterocycles. The van der Waals surface area contributed by atoms with Gasteiger partial charge in [-0.15, -0.1) is 0 Å². The van der Waals surface area contributed by atoms with E-state index < -0.39 is 0 Å². The summed E-state index contributed by atoms with van der Waals surface area (Å²) in [6.07, 6.45) is 4.57. The molecule has 0 aliphatic carbocycles. The van der Waals surface area contributed by atoms with Gasteiger partial charge in [-0.05, 0) is 32.3 Å². The zero-order valence-corrected chi connectivity index (χ0v) is 9.63. The molecule has 0 N–H and O–H groups in total. The van der Waals surface area contributed by atoms with Gasteiger partial charge in [0.15, 0.2) is 0 Å². The molecule has 0 amide bonds. The van der Waals surface area contributed by atoms with Crippen LogP contribution in [-0.2, 0) is 11.2 Å². The van der Waals surface area contributed by atoms with E-state index >= 15 is 0 Å². The second kappa shape index (κ2) is 4.90. The molecule has 1 aliphatic rings. The van der Waals surface area contributed by atoms with E-state index in [0.717, 1.165) is 31.0 Å². The molecule has 82 valence electrons. The first-order chi connectivity index (χ1) is 7.24. The Morgan fingerprint density at radius 3 is 3.00 bits per heavy atom. The third kappa shape index (κ3) is 3.14. The highest BCUT2D eigenvalue weighted by Crippen LogP contribution is 2.16. The lowest BCUT2D eigenvalue weighted by Crippen LogP contribution is -2.22. The van der Waals surface area contributed by atoms with E-state index in [1.807, 2.05) is 6.92 Å². The van der Waals surface area contributed by atoms with E-state index in [9.17, 15) is 0 Å². The van der Waals surface area contributed by atoms with Crippen molar-refractivity contribution in [3.63, 3.8) is 0 Å². The van der Waals surface area contributed by atoms with Gasteiger partial charge < -0.3 is 4.74 Å². The fourth-order valence-corrected chi connectivity index (χ4v) is 2.11. The molecule has 4 heteroatoms. The third-order valence-corrected chi connectivity index (χ3v) is 2.75. The Morgan fingerprint density at radius 1 is 1.47 bits per heavy atom. The maximum atomic E-state index is 5.88. The minimum absolute atomic E-state index is 0.275. The Labute approximate surface area is 94.8 Å². The number of ether oxygens (including phenoxy) is 1. The maximum absolute atomic E-state index is 5.88. The topological polar surface area (TPSA) is 35.0 Å². The number of aryl methyl sites for hydroxylation is 1. The first-order valence-corrected chi connectivity index (χ1v) is 5.73. The minimum atomic E-state index is 0.275. The van der Waals surface area contributed by atoms with Crippen molar-refractivity contribution in [1.29, 1.82) is 0 Å². The number of nitrogens with zero attached hydrogens (tertiary/aromatic N) is 2. The van der Waals surface area contributed by atoms with Gasteiger partial charge in [0.05, 0.1) is 6.10 Å². The molecule has 1 saturated heterocycles. The van der Waals surface area contributed by atoms with E-state index in [0.29, 0.717) is 5.15 Å². The number of hydrogen-bond donors (Lipinski definition) is 0. The highest BCUT2D eigenvalue weighted by molar-refractivity contribution is 6.29. The summed E-state index contributed by atoms with van der Waals surface area (Å²) in [5, 5.41) is 0.522. The van der Waals surface area contributed by atoms with Gasteiger partial charge in [-0.3, -0.25) is 0 Å². The molecule has 1 aromatic rings. The lowest BCUT2D eigenvalue weighted by atomic mass is 10.1. The second-order valence-electron chi connectivity index (χ2n) is 3.94. The zero-order chi connectivity index (χ0) is 10.7. The smallest absolute Gasteiger partial charge is 0.133 e. The quantitative estimate of drug-likeness (QED) is 0.727. The summed E-state index contributed by atoms with van der Waals surface area (Å²) in [6.45, 7) is 2.79. The molecule has 0 aromatic carbocycles. The van der Waals surface area contributed by atoms with Crippen molar-refractivity contribution >= 4 is 11.6 Å². The largest absolute Gasteiger partial charge is 0.378 e. The molecule has 1 fully saturated rings. The van der Waals surface area contributed by atoms with Gasteiger partial charge in [0, 0.05) is 18.7 Å². The van der Waals surface area contributed by atoms with Crippen LogP contribution in [0.3, 0.4) is 0 Å². The molecule has 0 radical (unpaired) electrons. The normalized spacial score (nSPS) is 21.6. The molecule has 1 unspecified atom stereocenters. The van der Waals surface area contributed by atoms with Crippen molar-refractivity contribution in [2.24, 2.45) is 0 Å². The molecule has 2 heterocycles. The van der Waals surface area contributed by atoms with Crippen molar-refractivity contribution in [3.05, 3.63) is 22.7 Å². The molecule has 1 atom stereocenters. The first kappa shape index (κ1) is 10.8. The summed E-state index contributed by atoms with van der Waals surface area (Å²) in [4.78, 5) is 8.55. The van der Waals surface area contributed by atoms with Gasteiger partial charge in [0.2, 0.25) is 0 Å². The van der Waals surface area contributed by atoms with Crippen LogP contribution in [0.5, 0.6) is 0 Å². The highest BCUT2D eigenvalue weighted by atomic mass is 35.5. The molecule has 0 bridgehead atoms. The number of aromatic nitrogens is 2. The SMILES string of the molecule is Cc1cc(Cl)nc(CC2CCCCO2)n1. The van der Waals surface area contributed by atoms with Crippen molar-refractivity contribution in [3.8, 4) is 0 Å². The van der Waals surface area contributed by atoms with E-state index in [4.69, 9.17) is 16.3 Å². The second-order valence-corrected chi connectivity index (χ2v) is 4.33. The average Bonchev–Trinajstić information content (AvgIpc) is 2.17. The predicted molar refractivity (Wildman–Crippen MR) is 59.1 cm³/mol. The van der Waals surface area contributed by atoms with Crippen LogP contribution in [0.25, 0.3) is 0 Å². The van der Waals surface area contributed by atoms with Crippen LogP contribution in [0.1, 0.15) is 30.8 Å². The fourth-order valence-electron chi connectivity index (χ4n) is 1.85. The third-order valence-electron chi connectivity index (χ3n) is 2.55. The van der Waals surface area contributed by atoms with E-state index in [-0.39, 0.29) is 6.10 Å². The van der Waals surface area contributed by atoms with E-state index in [1.165, 1.54) is 12.8 Å². The molecule has 2 rings (SSSR count). The zero-order valence-electron chi connectivity index (χ0n) is 8.87. The Bertz CT molecular complexity index is 317. The molecular weight excluding hydrogens is 212 g/mol. The number of halogens is 1. The van der Waals surface area contributed by atoms with Gasteiger partial charge in [-0.1, -0.05) is 11.6 Å². The molecular formula is C11H15ClN2O. The van der Waals surface area contributed by atoms with Crippen molar-refractivity contribution in [2.75, 3.05) is 6.61 Å². The van der Waals surface area contributed by atoms with Crippen LogP contribution in [-0.4, -0.2) is 22.7 Å². The predicted octanol–water partition coefficient (Wildman–Crippen LogP) is 2.55. The van der Waals surface area contributed by atoms with Gasteiger partial charge in [-0.25, -0.2) is 9.97 Å². The Hall–Kier alpha value is -0.670. The monoisotopic (exact) mass is 226 g/mol. The van der Waals surface area contributed by atoms with Crippen LogP contribution in [0.4, 0.5) is 0 Å². The highest BCUT2D eigenvalue weighted by Gasteiger charge is 2.16. The van der Waals surface area contributed by atoms with Crippen LogP contribution >= 0.6 is 11.6 Å². The fraction of sp³-hybridized carbons (Fsp3) is 0.636. The van der Waals surface area contributed by atoms with E-state index in [1.54, 1.807) is 6.07 Å². The lowest BCUT2D eigenvalue weighted by molar-refractivity contribution is 0.0156. The van der Waals surface area contributed by atoms with Crippen molar-refractivity contribution < 1.29 is 4.74 Å². The number of hydrogen-bond acceptors (Lipinski definition) is 3. The summed E-state index contributed by atoms with van der Waals surface area (Å²) < 4.78 is 5.64. The summed E-state index contributed by atoms with van der Waals surface area (Å²) in [6, 6.07) is 1.77. The van der Waals surface area contributed by atoms with Gasteiger partial charge in [-0.2, -0.15) is 0 Å². The van der Waals surface area contributed by atoms with Crippen LogP contribution in [0.2, 0.25) is 5.15 Å². The molecule has 3 nitrogen and oxygen atoms in total. The van der Waals surface area contributed by atoms with Gasteiger partial charge in [0.1, 0.15) is 11.0 Å². The molecule has 15 heavy (non-hydrogen) atoms. The summed E-state index contributed by atoms with van der Waals surface area (Å²) in [7, 11) is 0. The van der Waals surface area contributed by atoms with Crippen molar-refractivity contribution in [2.45, 2.75) is 38.7 Å². The molecule has 0 spiro atoms. The lowest BCUT2D eigenvalue weighted by Gasteiger charge is -2.21. The number of rotatable bonds is 2. The maximum Gasteiger partial charge on any atom is 0.133 e. The van der Waals surface area contributed by atoms with Crippen LogP contribution in [0, 0.1) is 6.92 Å². The van der Waals surface area contributed by atoms with Crippen LogP contribution in [0.15, 0.2) is 6.07 Å². The Balaban J connectivity index is 2.02. The van der Waals surface area contributed by atoms with Gasteiger partial charge >= 0.3 is 0 Å². The molecule has 0 saturated carbocycles.